The number of rotatable bonds is 11. The summed E-state index contributed by atoms with van der Waals surface area (Å²) >= 11 is 0. The number of carbonyl (C=O) groups excluding carboxylic acids is 2. The molecule has 2 aromatic carbocycles. The van der Waals surface area contributed by atoms with Crippen molar-refractivity contribution < 1.29 is 23.8 Å². The molecule has 0 fully saturated rings. The van der Waals surface area contributed by atoms with Crippen LogP contribution in [0.15, 0.2) is 54.6 Å². The lowest BCUT2D eigenvalue weighted by atomic mass is 10.2. The number of carbonyl (C=O) groups is 2. The molecule has 0 bridgehead atoms. The van der Waals surface area contributed by atoms with Crippen LogP contribution in [0.3, 0.4) is 0 Å². The van der Waals surface area contributed by atoms with E-state index in [9.17, 15) is 9.59 Å². The maximum Gasteiger partial charge on any atom is 0.342 e. The summed E-state index contributed by atoms with van der Waals surface area (Å²) in [5, 5.41) is 0. The van der Waals surface area contributed by atoms with E-state index < -0.39 is 5.97 Å². The highest BCUT2D eigenvalue weighted by Crippen LogP contribution is 2.20. The second-order valence-electron chi connectivity index (χ2n) is 6.02. The molecule has 5 nitrogen and oxygen atoms in total. The van der Waals surface area contributed by atoms with Crippen LogP contribution in [0.5, 0.6) is 5.75 Å². The molecule has 2 aromatic rings. The molecule has 0 saturated carbocycles. The Morgan fingerprint density at radius 1 is 0.852 bits per heavy atom. The molecule has 0 amide bonds. The number of hydrogen-bond acceptors (Lipinski definition) is 5. The molecule has 0 aliphatic carbocycles. The first-order chi connectivity index (χ1) is 13.2. The monoisotopic (exact) mass is 370 g/mol. The van der Waals surface area contributed by atoms with Gasteiger partial charge in [0.05, 0.1) is 13.2 Å². The summed E-state index contributed by atoms with van der Waals surface area (Å²) in [4.78, 5) is 23.6. The molecule has 5 heteroatoms. The van der Waals surface area contributed by atoms with Gasteiger partial charge in [-0.1, -0.05) is 42.5 Å². The maximum absolute atomic E-state index is 12.4. The van der Waals surface area contributed by atoms with E-state index in [1.54, 1.807) is 25.1 Å². The second-order valence-corrected chi connectivity index (χ2v) is 6.02. The minimum Gasteiger partial charge on any atom is -0.493 e. The van der Waals surface area contributed by atoms with Gasteiger partial charge in [-0.2, -0.15) is 0 Å². The first kappa shape index (κ1) is 20.5. The molecule has 2 rings (SSSR count). The zero-order chi connectivity index (χ0) is 19.3. The van der Waals surface area contributed by atoms with Gasteiger partial charge in [0.25, 0.3) is 0 Å². The lowest BCUT2D eigenvalue weighted by Crippen LogP contribution is -2.09. The number of ether oxygens (including phenoxy) is 3. The van der Waals surface area contributed by atoms with Crippen LogP contribution in [0.2, 0.25) is 0 Å². The standard InChI is InChI=1S/C22H26O5/c1-2-25-21(23)15-7-4-10-16-26-20-14-9-8-13-19(20)22(24)27-17-18-11-5-3-6-12-18/h3,5-6,8-9,11-14H,2,4,7,10,15-17H2,1H3. The summed E-state index contributed by atoms with van der Waals surface area (Å²) in [6.07, 6.45) is 2.85. The fourth-order valence-electron chi connectivity index (χ4n) is 2.53. The number of hydrogen-bond donors (Lipinski definition) is 0. The highest BCUT2D eigenvalue weighted by molar-refractivity contribution is 5.92. The lowest BCUT2D eigenvalue weighted by Gasteiger charge is -2.11. The van der Waals surface area contributed by atoms with Crippen LogP contribution in [0.1, 0.15) is 48.5 Å². The number of para-hydroxylation sites is 1. The summed E-state index contributed by atoms with van der Waals surface area (Å²) < 4.78 is 16.0. The largest absolute Gasteiger partial charge is 0.493 e. The molecule has 27 heavy (non-hydrogen) atoms. The van der Waals surface area contributed by atoms with Crippen LogP contribution in [0.25, 0.3) is 0 Å². The Labute approximate surface area is 160 Å². The SMILES string of the molecule is CCOC(=O)CCCCCOc1ccccc1C(=O)OCc1ccccc1. The molecule has 144 valence electrons. The molecule has 0 saturated heterocycles. The van der Waals surface area contributed by atoms with Crippen LogP contribution in [0, 0.1) is 0 Å². The van der Waals surface area contributed by atoms with E-state index in [-0.39, 0.29) is 12.6 Å². The molecule has 0 aromatic heterocycles. The van der Waals surface area contributed by atoms with E-state index in [0.29, 0.717) is 30.9 Å². The summed E-state index contributed by atoms with van der Waals surface area (Å²) in [6, 6.07) is 16.6. The predicted octanol–water partition coefficient (Wildman–Crippen LogP) is 4.55. The summed E-state index contributed by atoms with van der Waals surface area (Å²) in [7, 11) is 0. The molecule has 0 atom stereocenters. The van der Waals surface area contributed by atoms with Crippen molar-refractivity contribution in [3.05, 3.63) is 65.7 Å². The van der Waals surface area contributed by atoms with Gasteiger partial charge in [-0.05, 0) is 43.9 Å². The van der Waals surface area contributed by atoms with Gasteiger partial charge in [0.2, 0.25) is 0 Å². The number of esters is 2. The van der Waals surface area contributed by atoms with Gasteiger partial charge < -0.3 is 14.2 Å². The van der Waals surface area contributed by atoms with E-state index >= 15 is 0 Å². The first-order valence-corrected chi connectivity index (χ1v) is 9.29. The third kappa shape index (κ3) is 7.52. The molecular weight excluding hydrogens is 344 g/mol. The highest BCUT2D eigenvalue weighted by atomic mass is 16.5. The summed E-state index contributed by atoms with van der Waals surface area (Å²) in [5.74, 6) is -0.0531. The third-order valence-electron chi connectivity index (χ3n) is 3.91. The van der Waals surface area contributed by atoms with Gasteiger partial charge in [0.1, 0.15) is 17.9 Å². The van der Waals surface area contributed by atoms with Crippen LogP contribution in [-0.2, 0) is 20.9 Å². The van der Waals surface area contributed by atoms with E-state index in [1.807, 2.05) is 36.4 Å². The third-order valence-corrected chi connectivity index (χ3v) is 3.91. The smallest absolute Gasteiger partial charge is 0.342 e. The average molecular weight is 370 g/mol. The first-order valence-electron chi connectivity index (χ1n) is 9.29. The molecule has 0 aliphatic heterocycles. The number of unbranched alkanes of at least 4 members (excludes halogenated alkanes) is 2. The van der Waals surface area contributed by atoms with Gasteiger partial charge >= 0.3 is 11.9 Å². The van der Waals surface area contributed by atoms with Crippen LogP contribution < -0.4 is 4.74 Å². The van der Waals surface area contributed by atoms with Gasteiger partial charge in [-0.15, -0.1) is 0 Å². The van der Waals surface area contributed by atoms with Gasteiger partial charge in [-0.3, -0.25) is 4.79 Å². The maximum atomic E-state index is 12.4. The molecule has 0 aliphatic rings. The molecule has 0 N–H and O–H groups in total. The predicted molar refractivity (Wildman–Crippen MR) is 103 cm³/mol. The van der Waals surface area contributed by atoms with Crippen molar-refractivity contribution in [1.82, 2.24) is 0 Å². The lowest BCUT2D eigenvalue weighted by molar-refractivity contribution is -0.143. The molecular formula is C22H26O5. The van der Waals surface area contributed by atoms with Crippen LogP contribution in [0.4, 0.5) is 0 Å². The number of benzene rings is 2. The minimum absolute atomic E-state index is 0.162. The van der Waals surface area contributed by atoms with Crippen molar-refractivity contribution in [3.63, 3.8) is 0 Å². The van der Waals surface area contributed by atoms with Crippen molar-refractivity contribution in [2.75, 3.05) is 13.2 Å². The van der Waals surface area contributed by atoms with Crippen molar-refractivity contribution in [2.45, 2.75) is 39.2 Å². The Bertz CT molecular complexity index is 712. The van der Waals surface area contributed by atoms with E-state index in [1.165, 1.54) is 0 Å². The zero-order valence-electron chi connectivity index (χ0n) is 15.7. The fourth-order valence-corrected chi connectivity index (χ4v) is 2.53. The Kier molecular flexibility index (Phi) is 8.90. The molecule has 0 spiro atoms. The molecule has 0 radical (unpaired) electrons. The normalized spacial score (nSPS) is 10.3. The van der Waals surface area contributed by atoms with E-state index in [2.05, 4.69) is 0 Å². The van der Waals surface area contributed by atoms with Gasteiger partial charge in [0, 0.05) is 6.42 Å². The Morgan fingerprint density at radius 3 is 2.37 bits per heavy atom. The van der Waals surface area contributed by atoms with Crippen LogP contribution in [-0.4, -0.2) is 25.2 Å². The molecule has 0 heterocycles. The second kappa shape index (κ2) is 11.7. The Morgan fingerprint density at radius 2 is 1.59 bits per heavy atom. The van der Waals surface area contributed by atoms with Crippen LogP contribution >= 0.6 is 0 Å². The van der Waals surface area contributed by atoms with Crippen molar-refractivity contribution in [1.29, 1.82) is 0 Å². The topological polar surface area (TPSA) is 61.8 Å². The van der Waals surface area contributed by atoms with Crippen molar-refractivity contribution in [3.8, 4) is 5.75 Å². The quantitative estimate of drug-likeness (QED) is 0.429. The van der Waals surface area contributed by atoms with Gasteiger partial charge in [0.15, 0.2) is 0 Å². The van der Waals surface area contributed by atoms with E-state index in [4.69, 9.17) is 14.2 Å². The Balaban J connectivity index is 1.76. The van der Waals surface area contributed by atoms with Gasteiger partial charge in [-0.25, -0.2) is 4.79 Å². The fraction of sp³-hybridized carbons (Fsp3) is 0.364. The minimum atomic E-state index is -0.406. The summed E-state index contributed by atoms with van der Waals surface area (Å²) in [5.41, 5.74) is 1.35. The molecule has 0 unspecified atom stereocenters. The van der Waals surface area contributed by atoms with Crippen molar-refractivity contribution in [2.24, 2.45) is 0 Å². The van der Waals surface area contributed by atoms with Crippen molar-refractivity contribution >= 4 is 11.9 Å². The zero-order valence-corrected chi connectivity index (χ0v) is 15.7. The highest BCUT2D eigenvalue weighted by Gasteiger charge is 2.13. The summed E-state index contributed by atoms with van der Waals surface area (Å²) in [6.45, 7) is 2.92. The van der Waals surface area contributed by atoms with E-state index in [0.717, 1.165) is 24.8 Å². The average Bonchev–Trinajstić information content (AvgIpc) is 2.70. The Hall–Kier alpha value is -2.82.